The minimum atomic E-state index is -0.517. The summed E-state index contributed by atoms with van der Waals surface area (Å²) in [5.41, 5.74) is 5.39. The molecule has 0 aromatic rings. The number of nitrogens with zero attached hydrogens (tertiary/aromatic N) is 2. The molecule has 2 heterocycles. The fourth-order valence-electron chi connectivity index (χ4n) is 3.02. The van der Waals surface area contributed by atoms with Gasteiger partial charge in [0.2, 0.25) is 11.8 Å². The van der Waals surface area contributed by atoms with E-state index in [1.54, 1.807) is 12.0 Å². The highest BCUT2D eigenvalue weighted by atomic mass is 16.5. The van der Waals surface area contributed by atoms with Gasteiger partial charge in [-0.1, -0.05) is 6.92 Å². The fourth-order valence-corrected chi connectivity index (χ4v) is 3.02. The molecule has 114 valence electrons. The number of piperidine rings is 1. The second-order valence-corrected chi connectivity index (χ2v) is 6.02. The topological polar surface area (TPSA) is 75.9 Å². The fraction of sp³-hybridized carbons (Fsp3) is 0.857. The van der Waals surface area contributed by atoms with Crippen LogP contribution in [0.25, 0.3) is 0 Å². The van der Waals surface area contributed by atoms with Gasteiger partial charge in [-0.15, -0.1) is 0 Å². The first-order valence-corrected chi connectivity index (χ1v) is 7.35. The van der Waals surface area contributed by atoms with Gasteiger partial charge in [-0.05, 0) is 31.8 Å². The molecule has 0 spiro atoms. The lowest BCUT2D eigenvalue weighted by Gasteiger charge is -2.31. The molecule has 2 rings (SSSR count). The van der Waals surface area contributed by atoms with Crippen molar-refractivity contribution in [2.45, 2.75) is 38.3 Å². The lowest BCUT2D eigenvalue weighted by atomic mass is 9.99. The number of hydrogen-bond acceptors (Lipinski definition) is 4. The second-order valence-electron chi connectivity index (χ2n) is 6.02. The Hall–Kier alpha value is -1.14. The summed E-state index contributed by atoms with van der Waals surface area (Å²) in [5, 5.41) is 0. The Morgan fingerprint density at radius 2 is 1.95 bits per heavy atom. The zero-order chi connectivity index (χ0) is 14.7. The van der Waals surface area contributed by atoms with E-state index in [1.165, 1.54) is 0 Å². The van der Waals surface area contributed by atoms with Crippen molar-refractivity contribution < 1.29 is 14.3 Å². The highest BCUT2D eigenvalue weighted by Crippen LogP contribution is 2.21. The normalized spacial score (nSPS) is 28.8. The molecular weight excluding hydrogens is 258 g/mol. The Balaban J connectivity index is 1.91. The van der Waals surface area contributed by atoms with E-state index < -0.39 is 11.9 Å². The predicted octanol–water partition coefficient (Wildman–Crippen LogP) is -0.180. The molecule has 6 nitrogen and oxygen atoms in total. The van der Waals surface area contributed by atoms with Crippen LogP contribution in [-0.2, 0) is 14.3 Å². The summed E-state index contributed by atoms with van der Waals surface area (Å²) in [6, 6.07) is -0.517. The van der Waals surface area contributed by atoms with Crippen LogP contribution in [0.3, 0.4) is 0 Å². The number of methoxy groups -OCH3 is 1. The Morgan fingerprint density at radius 1 is 1.30 bits per heavy atom. The van der Waals surface area contributed by atoms with E-state index in [0.29, 0.717) is 19.5 Å². The first-order valence-electron chi connectivity index (χ1n) is 7.35. The highest BCUT2D eigenvalue weighted by molar-refractivity contribution is 5.88. The Labute approximate surface area is 120 Å². The summed E-state index contributed by atoms with van der Waals surface area (Å²) in [4.78, 5) is 27.6. The van der Waals surface area contributed by atoms with Crippen LogP contribution in [0.15, 0.2) is 0 Å². The van der Waals surface area contributed by atoms with E-state index >= 15 is 0 Å². The van der Waals surface area contributed by atoms with Gasteiger partial charge in [-0.3, -0.25) is 14.5 Å². The molecule has 2 fully saturated rings. The second kappa shape index (κ2) is 6.54. The molecule has 0 saturated carbocycles. The minimum Gasteiger partial charge on any atom is -0.380 e. The average molecular weight is 283 g/mol. The van der Waals surface area contributed by atoms with Crippen LogP contribution in [0.2, 0.25) is 0 Å². The quantitative estimate of drug-likeness (QED) is 0.776. The van der Waals surface area contributed by atoms with Gasteiger partial charge in [0.1, 0.15) is 6.04 Å². The first kappa shape index (κ1) is 15.3. The summed E-state index contributed by atoms with van der Waals surface area (Å²) in [6.45, 7) is 5.00. The zero-order valence-corrected chi connectivity index (χ0v) is 12.4. The molecule has 0 unspecified atom stereocenters. The van der Waals surface area contributed by atoms with Crippen molar-refractivity contribution in [3.8, 4) is 0 Å². The van der Waals surface area contributed by atoms with Crippen molar-refractivity contribution >= 4 is 11.8 Å². The summed E-state index contributed by atoms with van der Waals surface area (Å²) < 4.78 is 5.26. The number of carbonyl (C=O) groups is 2. The number of primary amides is 1. The summed E-state index contributed by atoms with van der Waals surface area (Å²) in [6.07, 6.45) is 2.69. The molecule has 6 heteroatoms. The van der Waals surface area contributed by atoms with Crippen LogP contribution in [0.1, 0.15) is 26.2 Å². The first-order chi connectivity index (χ1) is 9.51. The SMILES string of the molecule is CO[C@H]1C[C@@H](C(N)=O)N(C(=O)CN2CCC(C)CC2)C1. The third-order valence-electron chi connectivity index (χ3n) is 4.48. The smallest absolute Gasteiger partial charge is 0.240 e. The molecule has 2 atom stereocenters. The van der Waals surface area contributed by atoms with Gasteiger partial charge in [-0.2, -0.15) is 0 Å². The zero-order valence-electron chi connectivity index (χ0n) is 12.4. The maximum absolute atomic E-state index is 12.4. The molecule has 0 aromatic carbocycles. The predicted molar refractivity (Wildman–Crippen MR) is 74.9 cm³/mol. The molecule has 0 aromatic heterocycles. The van der Waals surface area contributed by atoms with Gasteiger partial charge in [-0.25, -0.2) is 0 Å². The van der Waals surface area contributed by atoms with E-state index in [-0.39, 0.29) is 12.0 Å². The van der Waals surface area contributed by atoms with Crippen molar-refractivity contribution in [1.29, 1.82) is 0 Å². The van der Waals surface area contributed by atoms with Crippen LogP contribution >= 0.6 is 0 Å². The maximum Gasteiger partial charge on any atom is 0.240 e. The minimum absolute atomic E-state index is 0.0112. The molecule has 0 bridgehead atoms. The summed E-state index contributed by atoms with van der Waals surface area (Å²) >= 11 is 0. The number of nitrogens with two attached hydrogens (primary N) is 1. The van der Waals surface area contributed by atoms with Crippen molar-refractivity contribution in [3.63, 3.8) is 0 Å². The van der Waals surface area contributed by atoms with E-state index in [9.17, 15) is 9.59 Å². The number of rotatable bonds is 4. The maximum atomic E-state index is 12.4. The molecule has 0 radical (unpaired) electrons. The standard InChI is InChI=1S/C14H25N3O3/c1-10-3-5-16(6-4-10)9-13(18)17-8-11(20-2)7-12(17)14(15)19/h10-12H,3-9H2,1-2H3,(H2,15,19)/t11-,12-/m0/s1. The average Bonchev–Trinajstić information content (AvgIpc) is 2.86. The van der Waals surface area contributed by atoms with E-state index in [0.717, 1.165) is 31.8 Å². The Morgan fingerprint density at radius 3 is 2.50 bits per heavy atom. The van der Waals surface area contributed by atoms with Crippen LogP contribution in [0, 0.1) is 5.92 Å². The number of ether oxygens (including phenoxy) is 1. The lowest BCUT2D eigenvalue weighted by molar-refractivity contribution is -0.138. The van der Waals surface area contributed by atoms with E-state index in [2.05, 4.69) is 11.8 Å². The molecule has 2 amide bonds. The van der Waals surface area contributed by atoms with Crippen LogP contribution in [0.4, 0.5) is 0 Å². The van der Waals surface area contributed by atoms with Gasteiger partial charge >= 0.3 is 0 Å². The van der Waals surface area contributed by atoms with Gasteiger partial charge in [0, 0.05) is 20.1 Å². The molecule has 2 aliphatic rings. The highest BCUT2D eigenvalue weighted by Gasteiger charge is 2.39. The third-order valence-corrected chi connectivity index (χ3v) is 4.48. The number of amides is 2. The van der Waals surface area contributed by atoms with Crippen LogP contribution in [0.5, 0.6) is 0 Å². The van der Waals surface area contributed by atoms with Crippen LogP contribution < -0.4 is 5.73 Å². The Bertz CT molecular complexity index is 367. The van der Waals surface area contributed by atoms with Crippen molar-refractivity contribution in [3.05, 3.63) is 0 Å². The van der Waals surface area contributed by atoms with E-state index in [1.807, 2.05) is 0 Å². The molecule has 2 N–H and O–H groups in total. The Kier molecular flexibility index (Phi) is 4.99. The van der Waals surface area contributed by atoms with Crippen molar-refractivity contribution in [2.75, 3.05) is 33.3 Å². The monoisotopic (exact) mass is 283 g/mol. The van der Waals surface area contributed by atoms with Gasteiger partial charge in [0.05, 0.1) is 12.6 Å². The molecule has 0 aliphatic carbocycles. The largest absolute Gasteiger partial charge is 0.380 e. The van der Waals surface area contributed by atoms with Gasteiger partial charge < -0.3 is 15.4 Å². The molecular formula is C14H25N3O3. The van der Waals surface area contributed by atoms with Gasteiger partial charge in [0.25, 0.3) is 0 Å². The lowest BCUT2D eigenvalue weighted by Crippen LogP contribution is -2.48. The van der Waals surface area contributed by atoms with Gasteiger partial charge in [0.15, 0.2) is 0 Å². The summed E-state index contributed by atoms with van der Waals surface area (Å²) in [7, 11) is 1.60. The van der Waals surface area contributed by atoms with Crippen molar-refractivity contribution in [2.24, 2.45) is 11.7 Å². The van der Waals surface area contributed by atoms with Crippen LogP contribution in [-0.4, -0.2) is 67.0 Å². The number of likely N-dealkylation sites (tertiary alicyclic amines) is 2. The number of hydrogen-bond donors (Lipinski definition) is 1. The van der Waals surface area contributed by atoms with Crippen molar-refractivity contribution in [1.82, 2.24) is 9.80 Å². The molecule has 20 heavy (non-hydrogen) atoms. The third kappa shape index (κ3) is 3.49. The summed E-state index contributed by atoms with van der Waals surface area (Å²) in [5.74, 6) is 0.289. The molecule has 2 saturated heterocycles. The van der Waals surface area contributed by atoms with E-state index in [4.69, 9.17) is 10.5 Å². The number of carbonyl (C=O) groups excluding carboxylic acids is 2. The molecule has 2 aliphatic heterocycles.